The largest absolute Gasteiger partial charge is 0.454 e. The van der Waals surface area contributed by atoms with E-state index in [1.807, 2.05) is 12.1 Å². The van der Waals surface area contributed by atoms with Gasteiger partial charge in [-0.25, -0.2) is 0 Å². The molecule has 106 valence electrons. The molecule has 0 amide bonds. The monoisotopic (exact) mass is 364 g/mol. The summed E-state index contributed by atoms with van der Waals surface area (Å²) in [7, 11) is 0. The molecular formula is C16H10BrClO3. The van der Waals surface area contributed by atoms with Gasteiger partial charge < -0.3 is 9.47 Å². The fourth-order valence-corrected chi connectivity index (χ4v) is 2.52. The second kappa shape index (κ2) is 5.92. The van der Waals surface area contributed by atoms with Crippen molar-refractivity contribution in [2.24, 2.45) is 0 Å². The second-order valence-corrected chi connectivity index (χ2v) is 5.72. The molecule has 0 aromatic heterocycles. The molecule has 1 aliphatic rings. The minimum absolute atomic E-state index is 0.0868. The number of allylic oxidation sites excluding steroid dienone is 1. The predicted octanol–water partition coefficient (Wildman–Crippen LogP) is 4.73. The Kier molecular flexibility index (Phi) is 3.99. The normalized spacial score (nSPS) is 12.9. The first-order valence-corrected chi connectivity index (χ1v) is 7.38. The Labute approximate surface area is 135 Å². The summed E-state index contributed by atoms with van der Waals surface area (Å²) >= 11 is 9.25. The lowest BCUT2D eigenvalue weighted by Gasteiger charge is -2.02. The molecule has 3 rings (SSSR count). The average Bonchev–Trinajstić information content (AvgIpc) is 2.92. The summed E-state index contributed by atoms with van der Waals surface area (Å²) in [5, 5.41) is 0.606. The molecule has 5 heteroatoms. The summed E-state index contributed by atoms with van der Waals surface area (Å²) in [5.41, 5.74) is 1.44. The number of carbonyl (C=O) groups excluding carboxylic acids is 1. The van der Waals surface area contributed by atoms with E-state index in [2.05, 4.69) is 15.9 Å². The van der Waals surface area contributed by atoms with Crippen molar-refractivity contribution in [3.05, 3.63) is 63.1 Å². The number of ketones is 1. The molecule has 3 nitrogen and oxygen atoms in total. The van der Waals surface area contributed by atoms with Gasteiger partial charge in [-0.1, -0.05) is 27.5 Å². The van der Waals surface area contributed by atoms with Crippen molar-refractivity contribution in [2.75, 3.05) is 6.79 Å². The molecule has 0 fully saturated rings. The Balaban J connectivity index is 1.83. The Hall–Kier alpha value is -1.78. The summed E-state index contributed by atoms with van der Waals surface area (Å²) in [5.74, 6) is 1.29. The van der Waals surface area contributed by atoms with Crippen LogP contribution in [0.1, 0.15) is 15.9 Å². The van der Waals surface area contributed by atoms with Crippen LogP contribution in [0.15, 0.2) is 46.9 Å². The SMILES string of the molecule is O=C(/C=C/c1cc2c(cc1Br)OCO2)c1ccc(Cl)cc1. The van der Waals surface area contributed by atoms with Crippen molar-refractivity contribution < 1.29 is 14.3 Å². The fourth-order valence-electron chi connectivity index (χ4n) is 1.94. The van der Waals surface area contributed by atoms with Crippen LogP contribution in [0, 0.1) is 0 Å². The van der Waals surface area contributed by atoms with Crippen LogP contribution in [0.2, 0.25) is 5.02 Å². The van der Waals surface area contributed by atoms with E-state index in [9.17, 15) is 4.79 Å². The molecular weight excluding hydrogens is 356 g/mol. The third-order valence-electron chi connectivity index (χ3n) is 3.03. The van der Waals surface area contributed by atoms with E-state index in [4.69, 9.17) is 21.1 Å². The molecule has 0 radical (unpaired) electrons. The molecule has 21 heavy (non-hydrogen) atoms. The van der Waals surface area contributed by atoms with Crippen molar-refractivity contribution in [1.82, 2.24) is 0 Å². The van der Waals surface area contributed by atoms with Crippen LogP contribution in [0.3, 0.4) is 0 Å². The molecule has 0 aliphatic carbocycles. The third-order valence-corrected chi connectivity index (χ3v) is 3.97. The van der Waals surface area contributed by atoms with Gasteiger partial charge in [0.2, 0.25) is 6.79 Å². The fraction of sp³-hybridized carbons (Fsp3) is 0.0625. The molecule has 0 N–H and O–H groups in total. The predicted molar refractivity (Wildman–Crippen MR) is 85.1 cm³/mol. The summed E-state index contributed by atoms with van der Waals surface area (Å²) in [6.45, 7) is 0.221. The Bertz CT molecular complexity index is 723. The van der Waals surface area contributed by atoms with E-state index in [1.165, 1.54) is 6.08 Å². The van der Waals surface area contributed by atoms with Crippen molar-refractivity contribution in [3.63, 3.8) is 0 Å². The van der Waals surface area contributed by atoms with Crippen LogP contribution >= 0.6 is 27.5 Å². The van der Waals surface area contributed by atoms with Gasteiger partial charge in [0.1, 0.15) is 0 Å². The van der Waals surface area contributed by atoms with Crippen molar-refractivity contribution in [2.45, 2.75) is 0 Å². The van der Waals surface area contributed by atoms with E-state index < -0.39 is 0 Å². The lowest BCUT2D eigenvalue weighted by molar-refractivity contribution is 0.104. The minimum atomic E-state index is -0.0868. The van der Waals surface area contributed by atoms with Gasteiger partial charge in [0, 0.05) is 15.1 Å². The summed E-state index contributed by atoms with van der Waals surface area (Å²) < 4.78 is 11.4. The number of rotatable bonds is 3. The zero-order chi connectivity index (χ0) is 14.8. The quantitative estimate of drug-likeness (QED) is 0.583. The van der Waals surface area contributed by atoms with Crippen molar-refractivity contribution in [3.8, 4) is 11.5 Å². The molecule has 0 unspecified atom stereocenters. The number of hydrogen-bond acceptors (Lipinski definition) is 3. The first-order valence-electron chi connectivity index (χ1n) is 6.20. The molecule has 0 saturated heterocycles. The molecule has 1 aliphatic heterocycles. The van der Waals surface area contributed by atoms with Gasteiger partial charge >= 0.3 is 0 Å². The van der Waals surface area contributed by atoms with Crippen LogP contribution in [0.4, 0.5) is 0 Å². The van der Waals surface area contributed by atoms with Gasteiger partial charge in [-0.05, 0) is 54.1 Å². The minimum Gasteiger partial charge on any atom is -0.454 e. The van der Waals surface area contributed by atoms with Crippen LogP contribution in [-0.4, -0.2) is 12.6 Å². The highest BCUT2D eigenvalue weighted by Gasteiger charge is 2.15. The van der Waals surface area contributed by atoms with Gasteiger partial charge in [-0.2, -0.15) is 0 Å². The van der Waals surface area contributed by atoms with Crippen LogP contribution < -0.4 is 9.47 Å². The maximum Gasteiger partial charge on any atom is 0.231 e. The Morgan fingerprint density at radius 1 is 1.14 bits per heavy atom. The van der Waals surface area contributed by atoms with E-state index in [0.29, 0.717) is 22.1 Å². The van der Waals surface area contributed by atoms with E-state index >= 15 is 0 Å². The first-order chi connectivity index (χ1) is 10.1. The number of hydrogen-bond donors (Lipinski definition) is 0. The average molecular weight is 366 g/mol. The van der Waals surface area contributed by atoms with Gasteiger partial charge in [0.05, 0.1) is 0 Å². The van der Waals surface area contributed by atoms with Gasteiger partial charge in [0.25, 0.3) is 0 Å². The van der Waals surface area contributed by atoms with Crippen LogP contribution in [-0.2, 0) is 0 Å². The summed E-state index contributed by atoms with van der Waals surface area (Å²) in [6, 6.07) is 10.4. The van der Waals surface area contributed by atoms with E-state index in [1.54, 1.807) is 30.3 Å². The number of carbonyl (C=O) groups is 1. The van der Waals surface area contributed by atoms with Crippen LogP contribution in [0.5, 0.6) is 11.5 Å². The zero-order valence-corrected chi connectivity index (χ0v) is 13.1. The highest BCUT2D eigenvalue weighted by molar-refractivity contribution is 9.10. The van der Waals surface area contributed by atoms with Crippen molar-refractivity contribution in [1.29, 1.82) is 0 Å². The van der Waals surface area contributed by atoms with E-state index in [-0.39, 0.29) is 12.6 Å². The number of ether oxygens (including phenoxy) is 2. The molecule has 2 aromatic rings. The summed E-state index contributed by atoms with van der Waals surface area (Å²) in [6.07, 6.45) is 3.26. The van der Waals surface area contributed by atoms with Gasteiger partial charge in [-0.15, -0.1) is 0 Å². The maximum absolute atomic E-state index is 12.1. The molecule has 1 heterocycles. The highest BCUT2D eigenvalue weighted by Crippen LogP contribution is 2.37. The zero-order valence-electron chi connectivity index (χ0n) is 10.8. The number of benzene rings is 2. The number of halogens is 2. The van der Waals surface area contributed by atoms with E-state index in [0.717, 1.165) is 10.0 Å². The molecule has 0 saturated carbocycles. The topological polar surface area (TPSA) is 35.5 Å². The third kappa shape index (κ3) is 3.12. The molecule has 0 bridgehead atoms. The smallest absolute Gasteiger partial charge is 0.231 e. The molecule has 2 aromatic carbocycles. The van der Waals surface area contributed by atoms with Crippen molar-refractivity contribution >= 4 is 39.4 Å². The Morgan fingerprint density at radius 3 is 2.52 bits per heavy atom. The Morgan fingerprint density at radius 2 is 1.81 bits per heavy atom. The van der Waals surface area contributed by atoms with Gasteiger partial charge in [0.15, 0.2) is 17.3 Å². The molecule has 0 spiro atoms. The first kappa shape index (κ1) is 14.2. The highest BCUT2D eigenvalue weighted by atomic mass is 79.9. The standard InChI is InChI=1S/C16H10BrClO3/c17-13-8-16-15(20-9-21-16)7-11(13)3-6-14(19)10-1-4-12(18)5-2-10/h1-8H,9H2/b6-3+. The molecule has 0 atom stereocenters. The lowest BCUT2D eigenvalue weighted by atomic mass is 10.1. The lowest BCUT2D eigenvalue weighted by Crippen LogP contribution is -1.93. The summed E-state index contributed by atoms with van der Waals surface area (Å²) in [4.78, 5) is 12.1. The maximum atomic E-state index is 12.1. The van der Waals surface area contributed by atoms with Gasteiger partial charge in [-0.3, -0.25) is 4.79 Å². The number of fused-ring (bicyclic) bond motifs is 1. The second-order valence-electron chi connectivity index (χ2n) is 4.43. The van der Waals surface area contributed by atoms with Crippen LogP contribution in [0.25, 0.3) is 6.08 Å².